The Balaban J connectivity index is 1.63. The van der Waals surface area contributed by atoms with Crippen LogP contribution in [0.4, 0.5) is 0 Å². The first-order chi connectivity index (χ1) is 12.1. The molecule has 0 aliphatic carbocycles. The number of piperidine rings is 1. The second-order valence-electron chi connectivity index (χ2n) is 6.69. The molecule has 2 aromatic rings. The Kier molecular flexibility index (Phi) is 4.56. The number of ether oxygens (including phenoxy) is 1. The molecule has 2 aliphatic rings. The predicted molar refractivity (Wildman–Crippen MR) is 98.0 cm³/mol. The van der Waals surface area contributed by atoms with Gasteiger partial charge >= 0.3 is 0 Å². The van der Waals surface area contributed by atoms with Gasteiger partial charge in [-0.3, -0.25) is 4.98 Å². The molecule has 2 saturated heterocycles. The zero-order valence-corrected chi connectivity index (χ0v) is 15.0. The molecule has 25 heavy (non-hydrogen) atoms. The summed E-state index contributed by atoms with van der Waals surface area (Å²) in [6, 6.07) is 10.4. The van der Waals surface area contributed by atoms with E-state index in [1.807, 2.05) is 6.07 Å². The highest BCUT2D eigenvalue weighted by Crippen LogP contribution is 2.34. The molecule has 2 fully saturated rings. The molecule has 0 amide bonds. The lowest BCUT2D eigenvalue weighted by molar-refractivity contribution is 0.137. The average Bonchev–Trinajstić information content (AvgIpc) is 2.93. The number of nitriles is 1. The van der Waals surface area contributed by atoms with Gasteiger partial charge in [-0.2, -0.15) is 5.26 Å². The van der Waals surface area contributed by atoms with Gasteiger partial charge in [0.15, 0.2) is 0 Å². The highest BCUT2D eigenvalue weighted by molar-refractivity contribution is 6.36. The Morgan fingerprint density at radius 3 is 2.56 bits per heavy atom. The molecule has 1 aromatic carbocycles. The van der Waals surface area contributed by atoms with Gasteiger partial charge < -0.3 is 10.1 Å². The van der Waals surface area contributed by atoms with Crippen LogP contribution in [0.25, 0.3) is 11.3 Å². The number of halogens is 2. The molecule has 2 bridgehead atoms. The second kappa shape index (κ2) is 6.84. The van der Waals surface area contributed by atoms with E-state index >= 15 is 0 Å². The van der Waals surface area contributed by atoms with Crippen LogP contribution in [0.3, 0.4) is 0 Å². The third-order valence-electron chi connectivity index (χ3n) is 4.85. The van der Waals surface area contributed by atoms with Crippen LogP contribution in [0.1, 0.15) is 31.2 Å². The van der Waals surface area contributed by atoms with E-state index in [-0.39, 0.29) is 6.10 Å². The molecular formula is C19H17Cl2N3O. The SMILES string of the molecule is N#Cc1cc(OC2CC3CCC(C2)N3)cc(-c2ncc(Cl)cc2Cl)c1. The largest absolute Gasteiger partial charge is 0.490 e. The van der Waals surface area contributed by atoms with E-state index in [9.17, 15) is 5.26 Å². The fourth-order valence-electron chi connectivity index (χ4n) is 3.79. The number of hydrogen-bond acceptors (Lipinski definition) is 4. The number of hydrogen-bond donors (Lipinski definition) is 1. The van der Waals surface area contributed by atoms with Crippen LogP contribution in [0.2, 0.25) is 10.0 Å². The van der Waals surface area contributed by atoms with Crippen LogP contribution in [-0.4, -0.2) is 23.2 Å². The third kappa shape index (κ3) is 3.59. The normalized spacial score (nSPS) is 24.8. The molecular weight excluding hydrogens is 357 g/mol. The Hall–Kier alpha value is -1.80. The minimum Gasteiger partial charge on any atom is -0.490 e. The molecule has 3 heterocycles. The van der Waals surface area contributed by atoms with Crippen molar-refractivity contribution in [3.05, 3.63) is 46.1 Å². The molecule has 0 spiro atoms. The molecule has 1 N–H and O–H groups in total. The van der Waals surface area contributed by atoms with Gasteiger partial charge in [0.1, 0.15) is 11.9 Å². The van der Waals surface area contributed by atoms with Gasteiger partial charge in [-0.05, 0) is 49.9 Å². The zero-order valence-electron chi connectivity index (χ0n) is 13.5. The van der Waals surface area contributed by atoms with E-state index in [1.54, 1.807) is 24.4 Å². The summed E-state index contributed by atoms with van der Waals surface area (Å²) < 4.78 is 6.22. The fraction of sp³-hybridized carbons (Fsp3) is 0.368. The number of fused-ring (bicyclic) bond motifs is 2. The molecule has 128 valence electrons. The lowest BCUT2D eigenvalue weighted by Crippen LogP contribution is -2.42. The van der Waals surface area contributed by atoms with Gasteiger partial charge in [-0.1, -0.05) is 23.2 Å². The van der Waals surface area contributed by atoms with E-state index in [2.05, 4.69) is 16.4 Å². The van der Waals surface area contributed by atoms with E-state index in [0.717, 1.165) is 18.4 Å². The maximum absolute atomic E-state index is 9.36. The fourth-order valence-corrected chi connectivity index (χ4v) is 4.28. The van der Waals surface area contributed by atoms with E-state index in [1.165, 1.54) is 12.8 Å². The van der Waals surface area contributed by atoms with Crippen molar-refractivity contribution in [3.63, 3.8) is 0 Å². The van der Waals surface area contributed by atoms with Crippen molar-refractivity contribution >= 4 is 23.2 Å². The van der Waals surface area contributed by atoms with Gasteiger partial charge in [0.25, 0.3) is 0 Å². The third-order valence-corrected chi connectivity index (χ3v) is 5.34. The summed E-state index contributed by atoms with van der Waals surface area (Å²) in [6.45, 7) is 0. The first-order valence-corrected chi connectivity index (χ1v) is 9.15. The van der Waals surface area contributed by atoms with Gasteiger partial charge in [-0.15, -0.1) is 0 Å². The van der Waals surface area contributed by atoms with Crippen LogP contribution in [0.5, 0.6) is 5.75 Å². The first-order valence-electron chi connectivity index (χ1n) is 8.40. The van der Waals surface area contributed by atoms with Crippen LogP contribution in [0.15, 0.2) is 30.5 Å². The van der Waals surface area contributed by atoms with Gasteiger partial charge in [-0.25, -0.2) is 0 Å². The Morgan fingerprint density at radius 1 is 1.12 bits per heavy atom. The van der Waals surface area contributed by atoms with Crippen LogP contribution < -0.4 is 10.1 Å². The summed E-state index contributed by atoms with van der Waals surface area (Å²) in [6.07, 6.45) is 6.17. The van der Waals surface area contributed by atoms with E-state index in [0.29, 0.717) is 39.1 Å². The molecule has 2 unspecified atom stereocenters. The number of pyridine rings is 1. The van der Waals surface area contributed by atoms with Crippen molar-refractivity contribution in [1.82, 2.24) is 10.3 Å². The number of aromatic nitrogens is 1. The predicted octanol–water partition coefficient (Wildman–Crippen LogP) is 4.59. The lowest BCUT2D eigenvalue weighted by atomic mass is 10.0. The lowest BCUT2D eigenvalue weighted by Gasteiger charge is -2.29. The number of nitrogens with zero attached hydrogens (tertiary/aromatic N) is 2. The Morgan fingerprint density at radius 2 is 1.88 bits per heavy atom. The average molecular weight is 374 g/mol. The summed E-state index contributed by atoms with van der Waals surface area (Å²) in [7, 11) is 0. The Labute approximate surface area is 156 Å². The minimum atomic E-state index is 0.175. The van der Waals surface area contributed by atoms with Crippen molar-refractivity contribution < 1.29 is 4.74 Å². The van der Waals surface area contributed by atoms with Crippen molar-refractivity contribution in [2.75, 3.05) is 0 Å². The van der Waals surface area contributed by atoms with E-state index in [4.69, 9.17) is 27.9 Å². The minimum absolute atomic E-state index is 0.175. The van der Waals surface area contributed by atoms with Gasteiger partial charge in [0.2, 0.25) is 0 Å². The van der Waals surface area contributed by atoms with Crippen molar-refractivity contribution in [1.29, 1.82) is 5.26 Å². The molecule has 2 atom stereocenters. The highest BCUT2D eigenvalue weighted by atomic mass is 35.5. The van der Waals surface area contributed by atoms with Crippen molar-refractivity contribution in [2.45, 2.75) is 43.9 Å². The molecule has 1 aromatic heterocycles. The Bertz CT molecular complexity index is 837. The highest BCUT2D eigenvalue weighted by Gasteiger charge is 2.34. The summed E-state index contributed by atoms with van der Waals surface area (Å²) in [4.78, 5) is 4.31. The number of rotatable bonds is 3. The maximum Gasteiger partial charge on any atom is 0.121 e. The van der Waals surface area contributed by atoms with Crippen LogP contribution in [0, 0.1) is 11.3 Å². The van der Waals surface area contributed by atoms with Crippen LogP contribution >= 0.6 is 23.2 Å². The molecule has 4 nitrogen and oxygen atoms in total. The van der Waals surface area contributed by atoms with Crippen molar-refractivity contribution in [2.24, 2.45) is 0 Å². The topological polar surface area (TPSA) is 57.9 Å². The maximum atomic E-state index is 9.36. The standard InChI is InChI=1S/C19H17Cl2N3O/c20-13-6-18(21)19(23-10-13)12-3-11(9-22)4-16(5-12)25-17-7-14-1-2-15(8-17)24-14/h3-6,10,14-15,17,24H,1-2,7-8H2. The zero-order chi connectivity index (χ0) is 17.4. The number of nitrogens with one attached hydrogen (secondary N) is 1. The molecule has 2 aliphatic heterocycles. The monoisotopic (exact) mass is 373 g/mol. The smallest absolute Gasteiger partial charge is 0.121 e. The molecule has 6 heteroatoms. The van der Waals surface area contributed by atoms with Crippen LogP contribution in [-0.2, 0) is 0 Å². The summed E-state index contributed by atoms with van der Waals surface area (Å²) >= 11 is 12.2. The summed E-state index contributed by atoms with van der Waals surface area (Å²) in [5.41, 5.74) is 1.88. The molecule has 0 saturated carbocycles. The van der Waals surface area contributed by atoms with E-state index < -0.39 is 0 Å². The first kappa shape index (κ1) is 16.7. The summed E-state index contributed by atoms with van der Waals surface area (Å²) in [5.74, 6) is 0.688. The number of benzene rings is 1. The summed E-state index contributed by atoms with van der Waals surface area (Å²) in [5, 5.41) is 13.9. The molecule has 4 rings (SSSR count). The molecule has 0 radical (unpaired) electrons. The second-order valence-corrected chi connectivity index (χ2v) is 7.53. The quantitative estimate of drug-likeness (QED) is 0.854. The van der Waals surface area contributed by atoms with Gasteiger partial charge in [0, 0.05) is 23.8 Å². The van der Waals surface area contributed by atoms with Gasteiger partial charge in [0.05, 0.1) is 27.4 Å². The van der Waals surface area contributed by atoms with Crippen molar-refractivity contribution in [3.8, 4) is 23.1 Å².